The first-order valence-corrected chi connectivity index (χ1v) is 12.0. The molecule has 3 amide bonds. The molecular formula is C23H34BrN7O2. The van der Waals surface area contributed by atoms with E-state index in [2.05, 4.69) is 53.7 Å². The summed E-state index contributed by atoms with van der Waals surface area (Å²) in [6.45, 7) is 12.2. The third-order valence-corrected chi connectivity index (χ3v) is 5.54. The van der Waals surface area contributed by atoms with Crippen LogP contribution < -0.4 is 21.3 Å². The molecule has 0 saturated carbocycles. The van der Waals surface area contributed by atoms with Gasteiger partial charge >= 0.3 is 6.03 Å². The van der Waals surface area contributed by atoms with E-state index in [1.807, 2.05) is 26.8 Å². The van der Waals surface area contributed by atoms with E-state index in [4.69, 9.17) is 0 Å². The van der Waals surface area contributed by atoms with E-state index in [0.717, 1.165) is 42.5 Å². The van der Waals surface area contributed by atoms with Gasteiger partial charge in [0.2, 0.25) is 11.9 Å². The molecule has 2 heterocycles. The lowest BCUT2D eigenvalue weighted by Crippen LogP contribution is -2.37. The van der Waals surface area contributed by atoms with E-state index in [9.17, 15) is 9.59 Å². The minimum absolute atomic E-state index is 0.0207. The van der Waals surface area contributed by atoms with Gasteiger partial charge in [-0.1, -0.05) is 26.5 Å². The molecule has 1 saturated heterocycles. The summed E-state index contributed by atoms with van der Waals surface area (Å²) in [5.41, 5.74) is 1.31. The van der Waals surface area contributed by atoms with E-state index in [-0.39, 0.29) is 17.9 Å². The number of anilines is 2. The zero-order chi connectivity index (χ0) is 24.2. The van der Waals surface area contributed by atoms with Gasteiger partial charge in [0.25, 0.3) is 0 Å². The number of amides is 3. The molecule has 1 aromatic heterocycles. The molecule has 10 heteroatoms. The topological polar surface area (TPSA) is 111 Å². The van der Waals surface area contributed by atoms with Crippen LogP contribution in [0.5, 0.6) is 0 Å². The summed E-state index contributed by atoms with van der Waals surface area (Å²) < 4.78 is 0.737. The van der Waals surface area contributed by atoms with Crippen molar-refractivity contribution >= 4 is 39.6 Å². The first kappa shape index (κ1) is 26.4. The minimum atomic E-state index is -0.120. The number of hydrogen-bond acceptors (Lipinski definition) is 6. The van der Waals surface area contributed by atoms with Crippen LogP contribution in [0.1, 0.15) is 40.0 Å². The van der Waals surface area contributed by atoms with Crippen LogP contribution in [0.2, 0.25) is 0 Å². The average Bonchev–Trinajstić information content (AvgIpc) is 3.34. The van der Waals surface area contributed by atoms with Crippen molar-refractivity contribution in [1.82, 2.24) is 25.5 Å². The third kappa shape index (κ3) is 8.88. The molecule has 1 fully saturated rings. The number of nitrogens with one attached hydrogen (secondary N) is 4. The molecule has 33 heavy (non-hydrogen) atoms. The maximum Gasteiger partial charge on any atom is 0.321 e. The number of likely N-dealkylation sites (tertiary alicyclic amines) is 1. The zero-order valence-electron chi connectivity index (χ0n) is 19.6. The molecule has 4 N–H and O–H groups in total. The van der Waals surface area contributed by atoms with Crippen molar-refractivity contribution < 1.29 is 9.59 Å². The van der Waals surface area contributed by atoms with Gasteiger partial charge in [0.1, 0.15) is 5.82 Å². The second kappa shape index (κ2) is 13.6. The van der Waals surface area contributed by atoms with Crippen molar-refractivity contribution in [1.29, 1.82) is 0 Å². The van der Waals surface area contributed by atoms with Crippen LogP contribution in [-0.2, 0) is 4.79 Å². The predicted octanol–water partition coefficient (Wildman–Crippen LogP) is 4.00. The lowest BCUT2D eigenvalue weighted by molar-refractivity contribution is -0.123. The molecular weight excluding hydrogens is 486 g/mol. The Balaban J connectivity index is 1.94. The smallest absolute Gasteiger partial charge is 0.321 e. The van der Waals surface area contributed by atoms with Crippen molar-refractivity contribution in [3.8, 4) is 0 Å². The molecule has 0 aliphatic carbocycles. The van der Waals surface area contributed by atoms with Gasteiger partial charge in [-0.2, -0.15) is 4.98 Å². The first-order chi connectivity index (χ1) is 15.8. The lowest BCUT2D eigenvalue weighted by atomic mass is 10.2. The molecule has 1 aromatic rings. The third-order valence-electron chi connectivity index (χ3n) is 4.96. The first-order valence-electron chi connectivity index (χ1n) is 11.2. The molecule has 1 aliphatic rings. The van der Waals surface area contributed by atoms with Crippen molar-refractivity contribution in [2.24, 2.45) is 5.92 Å². The number of aromatic nitrogens is 2. The van der Waals surface area contributed by atoms with E-state index in [0.29, 0.717) is 30.6 Å². The maximum atomic E-state index is 12.4. The van der Waals surface area contributed by atoms with E-state index in [1.165, 1.54) is 0 Å². The van der Waals surface area contributed by atoms with Gasteiger partial charge in [-0.05, 0) is 54.3 Å². The Labute approximate surface area is 204 Å². The molecule has 0 atom stereocenters. The van der Waals surface area contributed by atoms with Gasteiger partial charge in [-0.3, -0.25) is 4.79 Å². The Morgan fingerprint density at radius 2 is 1.97 bits per heavy atom. The Hall–Kier alpha value is -2.88. The number of hydrogen-bond donors (Lipinski definition) is 4. The lowest BCUT2D eigenvalue weighted by Gasteiger charge is -2.17. The summed E-state index contributed by atoms with van der Waals surface area (Å²) in [7, 11) is 0. The minimum Gasteiger partial charge on any atom is -0.369 e. The van der Waals surface area contributed by atoms with Gasteiger partial charge in [-0.25, -0.2) is 9.78 Å². The quantitative estimate of drug-likeness (QED) is 0.259. The second-order valence-corrected chi connectivity index (χ2v) is 8.77. The largest absolute Gasteiger partial charge is 0.369 e. The van der Waals surface area contributed by atoms with Crippen LogP contribution >= 0.6 is 15.9 Å². The maximum absolute atomic E-state index is 12.4. The summed E-state index contributed by atoms with van der Waals surface area (Å²) in [6.07, 6.45) is 9.75. The van der Waals surface area contributed by atoms with Crippen molar-refractivity contribution in [3.05, 3.63) is 46.9 Å². The van der Waals surface area contributed by atoms with Crippen LogP contribution in [0, 0.1) is 5.92 Å². The summed E-state index contributed by atoms with van der Waals surface area (Å²) >= 11 is 3.46. The monoisotopic (exact) mass is 519 g/mol. The number of rotatable bonds is 11. The molecule has 180 valence electrons. The van der Waals surface area contributed by atoms with Crippen LogP contribution in [0.3, 0.4) is 0 Å². The summed E-state index contributed by atoms with van der Waals surface area (Å²) in [5.74, 6) is 1.08. The molecule has 0 spiro atoms. The predicted molar refractivity (Wildman–Crippen MR) is 136 cm³/mol. The highest BCUT2D eigenvalue weighted by Crippen LogP contribution is 2.21. The van der Waals surface area contributed by atoms with Crippen molar-refractivity contribution in [2.75, 3.05) is 36.8 Å². The van der Waals surface area contributed by atoms with Gasteiger partial charge in [0.05, 0.1) is 4.47 Å². The normalized spacial score (nSPS) is 14.3. The Kier molecular flexibility index (Phi) is 10.9. The fourth-order valence-corrected chi connectivity index (χ4v) is 3.35. The highest BCUT2D eigenvalue weighted by Gasteiger charge is 2.18. The fraction of sp³-hybridized carbons (Fsp3) is 0.478. The molecule has 0 radical (unpaired) electrons. The Bertz CT molecular complexity index is 893. The van der Waals surface area contributed by atoms with Crippen molar-refractivity contribution in [3.63, 3.8) is 0 Å². The zero-order valence-corrected chi connectivity index (χ0v) is 21.2. The van der Waals surface area contributed by atoms with Crippen LogP contribution in [-0.4, -0.2) is 53.0 Å². The van der Waals surface area contributed by atoms with E-state index in [1.54, 1.807) is 23.2 Å². The molecule has 9 nitrogen and oxygen atoms in total. The molecule has 0 aromatic carbocycles. The molecule has 1 aliphatic heterocycles. The van der Waals surface area contributed by atoms with E-state index >= 15 is 0 Å². The van der Waals surface area contributed by atoms with Crippen LogP contribution in [0.4, 0.5) is 16.6 Å². The molecule has 0 unspecified atom stereocenters. The highest BCUT2D eigenvalue weighted by molar-refractivity contribution is 9.10. The molecule has 2 rings (SSSR count). The molecule has 0 bridgehead atoms. The van der Waals surface area contributed by atoms with Crippen LogP contribution in [0.15, 0.2) is 46.9 Å². The standard InChI is InChI=1S/C23H34BrN7O2/c1-5-17(14-18(6-2)29-23(33)31-12-7-8-13-31)28-22-27-15-19(24)20(30-22)25-10-9-11-26-21(32)16(3)4/h5-6,14-16H,2,7-13H2,1,3-4H3,(H,26,32)(H,29,33)(H2,25,27,28,30)/b17-5+,18-14+. The van der Waals surface area contributed by atoms with Gasteiger partial charge in [0.15, 0.2) is 0 Å². The summed E-state index contributed by atoms with van der Waals surface area (Å²) in [6, 6.07) is -0.120. The fourth-order valence-electron chi connectivity index (χ4n) is 3.02. The second-order valence-electron chi connectivity index (χ2n) is 7.91. The van der Waals surface area contributed by atoms with Crippen LogP contribution in [0.25, 0.3) is 0 Å². The number of nitrogens with zero attached hydrogens (tertiary/aromatic N) is 3. The summed E-state index contributed by atoms with van der Waals surface area (Å²) in [5, 5.41) is 12.2. The number of halogens is 1. The van der Waals surface area contributed by atoms with Gasteiger partial charge < -0.3 is 26.2 Å². The van der Waals surface area contributed by atoms with Gasteiger partial charge in [0, 0.05) is 49.7 Å². The van der Waals surface area contributed by atoms with Gasteiger partial charge in [-0.15, -0.1) is 0 Å². The Morgan fingerprint density at radius 3 is 2.61 bits per heavy atom. The number of allylic oxidation sites excluding steroid dienone is 3. The van der Waals surface area contributed by atoms with E-state index < -0.39 is 0 Å². The SMILES string of the molecule is C=C/C(=C\C(=C/C)Nc1ncc(Br)c(NCCCNC(=O)C(C)C)n1)NC(=O)N1CCCC1. The number of urea groups is 1. The average molecular weight is 520 g/mol. The number of carbonyl (C=O) groups is 2. The van der Waals surface area contributed by atoms with Crippen molar-refractivity contribution in [2.45, 2.75) is 40.0 Å². The summed E-state index contributed by atoms with van der Waals surface area (Å²) in [4.78, 5) is 34.6. The Morgan fingerprint density at radius 1 is 1.24 bits per heavy atom. The number of carbonyl (C=O) groups excluding carboxylic acids is 2. The highest BCUT2D eigenvalue weighted by atomic mass is 79.9.